The molecule has 0 spiro atoms. The molecule has 0 atom stereocenters. The van der Waals surface area contributed by atoms with Crippen molar-refractivity contribution in [3.8, 4) is 17.1 Å². The van der Waals surface area contributed by atoms with Gasteiger partial charge in [0.1, 0.15) is 5.75 Å². The monoisotopic (exact) mass is 397 g/mol. The highest BCUT2D eigenvalue weighted by atomic mass is 16.5. The second-order valence-electron chi connectivity index (χ2n) is 6.87. The molecular weight excluding hydrogens is 374 g/mol. The third-order valence-corrected chi connectivity index (χ3v) is 4.82. The number of para-hydroxylation sites is 1. The quantitative estimate of drug-likeness (QED) is 0.492. The molecule has 2 heterocycles. The van der Waals surface area contributed by atoms with E-state index in [0.717, 1.165) is 34.3 Å². The third kappa shape index (κ3) is 4.46. The molecule has 2 aromatic heterocycles. The summed E-state index contributed by atoms with van der Waals surface area (Å²) < 4.78 is 5.47. The molecular formula is C25H23N3O2. The van der Waals surface area contributed by atoms with Crippen LogP contribution < -0.4 is 10.1 Å². The minimum Gasteiger partial charge on any atom is -0.494 e. The fourth-order valence-corrected chi connectivity index (χ4v) is 3.34. The van der Waals surface area contributed by atoms with Crippen LogP contribution in [0.4, 0.5) is 0 Å². The molecule has 0 unspecified atom stereocenters. The molecule has 0 aliphatic rings. The van der Waals surface area contributed by atoms with Crippen molar-refractivity contribution in [3.05, 3.63) is 90.1 Å². The van der Waals surface area contributed by atoms with Gasteiger partial charge in [-0.15, -0.1) is 0 Å². The second kappa shape index (κ2) is 9.18. The van der Waals surface area contributed by atoms with E-state index in [4.69, 9.17) is 4.74 Å². The van der Waals surface area contributed by atoms with Gasteiger partial charge >= 0.3 is 0 Å². The average molecular weight is 397 g/mol. The Morgan fingerprint density at radius 2 is 1.77 bits per heavy atom. The van der Waals surface area contributed by atoms with Gasteiger partial charge in [-0.3, -0.25) is 9.78 Å². The highest BCUT2D eigenvalue weighted by Crippen LogP contribution is 2.23. The molecule has 4 rings (SSSR count). The lowest BCUT2D eigenvalue weighted by atomic mass is 10.1. The highest BCUT2D eigenvalue weighted by Gasteiger charge is 2.14. The first-order valence-electron chi connectivity index (χ1n) is 10.1. The van der Waals surface area contributed by atoms with Crippen molar-refractivity contribution in [2.45, 2.75) is 13.3 Å². The molecule has 0 saturated heterocycles. The van der Waals surface area contributed by atoms with Crippen molar-refractivity contribution in [1.82, 2.24) is 15.3 Å². The maximum atomic E-state index is 13.0. The van der Waals surface area contributed by atoms with E-state index >= 15 is 0 Å². The summed E-state index contributed by atoms with van der Waals surface area (Å²) in [6.07, 6.45) is 2.47. The van der Waals surface area contributed by atoms with Crippen LogP contribution in [0.5, 0.6) is 5.75 Å². The Hall–Kier alpha value is -3.73. The van der Waals surface area contributed by atoms with Crippen molar-refractivity contribution in [2.24, 2.45) is 0 Å². The van der Waals surface area contributed by atoms with E-state index in [9.17, 15) is 4.79 Å². The number of amides is 1. The molecule has 2 aromatic carbocycles. The van der Waals surface area contributed by atoms with Crippen LogP contribution in [0.15, 0.2) is 79.0 Å². The van der Waals surface area contributed by atoms with Crippen molar-refractivity contribution in [2.75, 3.05) is 13.2 Å². The lowest BCUT2D eigenvalue weighted by molar-refractivity contribution is 0.0955. The predicted molar refractivity (Wildman–Crippen MR) is 119 cm³/mol. The maximum Gasteiger partial charge on any atom is 0.252 e. The molecule has 5 nitrogen and oxygen atoms in total. The lowest BCUT2D eigenvalue weighted by Gasteiger charge is -2.11. The summed E-state index contributed by atoms with van der Waals surface area (Å²) in [6.45, 7) is 3.16. The smallest absolute Gasteiger partial charge is 0.252 e. The first kappa shape index (κ1) is 19.6. The fraction of sp³-hybridized carbons (Fsp3) is 0.160. The first-order valence-corrected chi connectivity index (χ1v) is 10.1. The molecule has 5 heteroatoms. The summed E-state index contributed by atoms with van der Waals surface area (Å²) in [5.41, 5.74) is 3.95. The zero-order valence-electron chi connectivity index (χ0n) is 16.8. The summed E-state index contributed by atoms with van der Waals surface area (Å²) in [7, 11) is 0. The number of nitrogens with one attached hydrogen (secondary N) is 1. The van der Waals surface area contributed by atoms with Crippen molar-refractivity contribution >= 4 is 16.8 Å². The Morgan fingerprint density at radius 1 is 0.967 bits per heavy atom. The highest BCUT2D eigenvalue weighted by molar-refractivity contribution is 6.07. The Bertz CT molecular complexity index is 1140. The van der Waals surface area contributed by atoms with Crippen molar-refractivity contribution < 1.29 is 9.53 Å². The second-order valence-corrected chi connectivity index (χ2v) is 6.87. The molecule has 0 aliphatic heterocycles. The minimum absolute atomic E-state index is 0.114. The standard InChI is InChI=1S/C25H23N3O2/c1-2-30-19-12-10-18(11-13-19)14-16-27-25(29)21-17-24(23-9-5-6-15-26-23)28-22-8-4-3-7-20(21)22/h3-13,15,17H,2,14,16H2,1H3,(H,27,29). The van der Waals surface area contributed by atoms with Crippen molar-refractivity contribution in [3.63, 3.8) is 0 Å². The molecule has 150 valence electrons. The largest absolute Gasteiger partial charge is 0.494 e. The number of pyridine rings is 2. The fourth-order valence-electron chi connectivity index (χ4n) is 3.34. The molecule has 0 radical (unpaired) electrons. The summed E-state index contributed by atoms with van der Waals surface area (Å²) in [5.74, 6) is 0.743. The van der Waals surface area contributed by atoms with Crippen LogP contribution in [0.1, 0.15) is 22.8 Å². The number of rotatable bonds is 7. The molecule has 1 amide bonds. The van der Waals surface area contributed by atoms with E-state index in [1.54, 1.807) is 6.20 Å². The molecule has 1 N–H and O–H groups in total. The van der Waals surface area contributed by atoms with E-state index in [2.05, 4.69) is 15.3 Å². The third-order valence-electron chi connectivity index (χ3n) is 4.82. The SMILES string of the molecule is CCOc1ccc(CCNC(=O)c2cc(-c3ccccn3)nc3ccccc23)cc1. The van der Waals surface area contributed by atoms with E-state index in [0.29, 0.717) is 24.4 Å². The van der Waals surface area contributed by atoms with Gasteiger partial charge in [-0.1, -0.05) is 36.4 Å². The van der Waals surface area contributed by atoms with Gasteiger partial charge in [0, 0.05) is 18.1 Å². The summed E-state index contributed by atoms with van der Waals surface area (Å²) in [4.78, 5) is 22.1. The van der Waals surface area contributed by atoms with E-state index in [1.807, 2.05) is 79.7 Å². The normalized spacial score (nSPS) is 10.7. The first-order chi connectivity index (χ1) is 14.7. The number of carbonyl (C=O) groups is 1. The van der Waals surface area contributed by atoms with Crippen LogP contribution in [0.25, 0.3) is 22.3 Å². The molecule has 0 aliphatic carbocycles. The van der Waals surface area contributed by atoms with Crippen LogP contribution in [-0.4, -0.2) is 29.0 Å². The number of carbonyl (C=O) groups excluding carboxylic acids is 1. The van der Waals surface area contributed by atoms with Gasteiger partial charge in [0.05, 0.1) is 29.1 Å². The molecule has 4 aromatic rings. The number of nitrogens with zero attached hydrogens (tertiary/aromatic N) is 2. The number of benzene rings is 2. The summed E-state index contributed by atoms with van der Waals surface area (Å²) >= 11 is 0. The van der Waals surface area contributed by atoms with Gasteiger partial charge in [-0.2, -0.15) is 0 Å². The zero-order chi connectivity index (χ0) is 20.8. The van der Waals surface area contributed by atoms with Crippen LogP contribution in [0, 0.1) is 0 Å². The van der Waals surface area contributed by atoms with E-state index in [1.165, 1.54) is 0 Å². The Kier molecular flexibility index (Phi) is 5.99. The van der Waals surface area contributed by atoms with Gasteiger partial charge in [0.2, 0.25) is 0 Å². The summed E-state index contributed by atoms with van der Waals surface area (Å²) in [6, 6.07) is 23.1. The molecule has 0 fully saturated rings. The van der Waals surface area contributed by atoms with Crippen LogP contribution >= 0.6 is 0 Å². The van der Waals surface area contributed by atoms with Gasteiger partial charge in [-0.25, -0.2) is 4.98 Å². The van der Waals surface area contributed by atoms with E-state index in [-0.39, 0.29) is 5.91 Å². The number of fused-ring (bicyclic) bond motifs is 1. The maximum absolute atomic E-state index is 13.0. The van der Waals surface area contributed by atoms with Crippen LogP contribution in [-0.2, 0) is 6.42 Å². The van der Waals surface area contributed by atoms with Gasteiger partial charge in [0.25, 0.3) is 5.91 Å². The Labute approximate surface area is 175 Å². The molecule has 0 saturated carbocycles. The van der Waals surface area contributed by atoms with Gasteiger partial charge < -0.3 is 10.1 Å². The van der Waals surface area contributed by atoms with Crippen molar-refractivity contribution in [1.29, 1.82) is 0 Å². The molecule has 30 heavy (non-hydrogen) atoms. The number of hydrogen-bond donors (Lipinski definition) is 1. The predicted octanol–water partition coefficient (Wildman–Crippen LogP) is 4.67. The Balaban J connectivity index is 1.52. The number of ether oxygens (including phenoxy) is 1. The minimum atomic E-state index is -0.114. The topological polar surface area (TPSA) is 64.1 Å². The van der Waals surface area contributed by atoms with Crippen LogP contribution in [0.3, 0.4) is 0 Å². The summed E-state index contributed by atoms with van der Waals surface area (Å²) in [5, 5.41) is 3.87. The average Bonchev–Trinajstić information content (AvgIpc) is 2.80. The number of hydrogen-bond acceptors (Lipinski definition) is 4. The number of aromatic nitrogens is 2. The molecule has 0 bridgehead atoms. The van der Waals surface area contributed by atoms with Gasteiger partial charge in [0.15, 0.2) is 0 Å². The zero-order valence-corrected chi connectivity index (χ0v) is 16.8. The van der Waals surface area contributed by atoms with E-state index < -0.39 is 0 Å². The van der Waals surface area contributed by atoms with Crippen LogP contribution in [0.2, 0.25) is 0 Å². The van der Waals surface area contributed by atoms with Gasteiger partial charge in [-0.05, 0) is 55.3 Å². The lowest BCUT2D eigenvalue weighted by Crippen LogP contribution is -2.26. The Morgan fingerprint density at radius 3 is 2.53 bits per heavy atom.